The molecule has 4 rings (SSSR count). The number of carbonyl (C=O) groups is 1. The smallest absolute Gasteiger partial charge is 0.219 e. The van der Waals surface area contributed by atoms with Gasteiger partial charge < -0.3 is 20.5 Å². The molecular formula is C23H26N6O. The fourth-order valence-corrected chi connectivity index (χ4v) is 4.17. The molecule has 0 aliphatic carbocycles. The molecule has 0 spiro atoms. The number of benzene rings is 1. The number of rotatable bonds is 7. The van der Waals surface area contributed by atoms with Crippen LogP contribution in [0.2, 0.25) is 0 Å². The van der Waals surface area contributed by atoms with E-state index in [2.05, 4.69) is 44.2 Å². The highest BCUT2D eigenvalue weighted by Gasteiger charge is 2.22. The molecule has 154 valence electrons. The number of aromatic nitrogens is 2. The molecule has 1 amide bonds. The highest BCUT2D eigenvalue weighted by atomic mass is 16.1. The van der Waals surface area contributed by atoms with E-state index in [0.29, 0.717) is 24.6 Å². The lowest BCUT2D eigenvalue weighted by molar-refractivity contribution is -0.118. The molecule has 0 radical (unpaired) electrons. The van der Waals surface area contributed by atoms with Crippen LogP contribution in [0.15, 0.2) is 48.8 Å². The first kappa shape index (κ1) is 19.9. The Balaban J connectivity index is 1.38. The van der Waals surface area contributed by atoms with Crippen LogP contribution in [0.3, 0.4) is 0 Å². The van der Waals surface area contributed by atoms with Crippen molar-refractivity contribution in [2.24, 2.45) is 5.73 Å². The average molecular weight is 403 g/mol. The highest BCUT2D eigenvalue weighted by Crippen LogP contribution is 2.24. The van der Waals surface area contributed by atoms with Crippen LogP contribution in [-0.4, -0.2) is 34.6 Å². The second kappa shape index (κ2) is 8.97. The third-order valence-corrected chi connectivity index (χ3v) is 5.75. The summed E-state index contributed by atoms with van der Waals surface area (Å²) in [5, 5.41) is 14.2. The van der Waals surface area contributed by atoms with Crippen LogP contribution < -0.4 is 16.0 Å². The lowest BCUT2D eigenvalue weighted by Crippen LogP contribution is -2.42. The van der Waals surface area contributed by atoms with Crippen molar-refractivity contribution in [1.29, 1.82) is 5.26 Å². The summed E-state index contributed by atoms with van der Waals surface area (Å²) < 4.78 is 2.12. The van der Waals surface area contributed by atoms with Gasteiger partial charge in [-0.05, 0) is 36.6 Å². The zero-order valence-corrected chi connectivity index (χ0v) is 16.9. The van der Waals surface area contributed by atoms with E-state index in [-0.39, 0.29) is 5.91 Å². The lowest BCUT2D eigenvalue weighted by Gasteiger charge is -2.33. The Hall–Kier alpha value is -3.37. The van der Waals surface area contributed by atoms with E-state index in [1.165, 1.54) is 10.9 Å². The van der Waals surface area contributed by atoms with Crippen molar-refractivity contribution in [1.82, 2.24) is 14.9 Å². The van der Waals surface area contributed by atoms with Gasteiger partial charge in [0.2, 0.25) is 5.91 Å². The Kier molecular flexibility index (Phi) is 5.96. The van der Waals surface area contributed by atoms with E-state index in [0.717, 1.165) is 43.8 Å². The van der Waals surface area contributed by atoms with Crippen molar-refractivity contribution in [2.45, 2.75) is 38.4 Å². The van der Waals surface area contributed by atoms with E-state index in [1.54, 1.807) is 12.3 Å². The van der Waals surface area contributed by atoms with Gasteiger partial charge in [0.15, 0.2) is 0 Å². The fraction of sp³-hybridized carbons (Fsp3) is 0.348. The van der Waals surface area contributed by atoms with Crippen LogP contribution in [0.25, 0.3) is 10.9 Å². The summed E-state index contributed by atoms with van der Waals surface area (Å²) in [5.74, 6) is 0.502. The number of hydrogen-bond donors (Lipinski definition) is 2. The molecule has 3 N–H and O–H groups in total. The van der Waals surface area contributed by atoms with Crippen molar-refractivity contribution in [3.05, 3.63) is 59.9 Å². The number of para-hydroxylation sites is 1. The number of fused-ring (bicyclic) bond motifs is 1. The van der Waals surface area contributed by atoms with E-state index in [4.69, 9.17) is 5.73 Å². The van der Waals surface area contributed by atoms with Gasteiger partial charge in [-0.2, -0.15) is 5.26 Å². The predicted octanol–water partition coefficient (Wildman–Crippen LogP) is 2.54. The van der Waals surface area contributed by atoms with Crippen LogP contribution >= 0.6 is 0 Å². The molecule has 7 heteroatoms. The van der Waals surface area contributed by atoms with Crippen molar-refractivity contribution in [3.63, 3.8) is 0 Å². The maximum Gasteiger partial charge on any atom is 0.219 e. The number of pyridine rings is 1. The van der Waals surface area contributed by atoms with E-state index in [1.807, 2.05) is 18.2 Å². The van der Waals surface area contributed by atoms with Crippen molar-refractivity contribution in [3.8, 4) is 6.07 Å². The molecule has 2 aromatic heterocycles. The van der Waals surface area contributed by atoms with Gasteiger partial charge >= 0.3 is 0 Å². The first-order valence-electron chi connectivity index (χ1n) is 10.3. The molecule has 0 saturated carbocycles. The second-order valence-electron chi connectivity index (χ2n) is 7.71. The Morgan fingerprint density at radius 2 is 2.03 bits per heavy atom. The largest absolute Gasteiger partial charge is 0.370 e. The number of piperidine rings is 1. The molecule has 1 aliphatic rings. The summed E-state index contributed by atoms with van der Waals surface area (Å²) in [7, 11) is 0. The van der Waals surface area contributed by atoms with Gasteiger partial charge in [-0.3, -0.25) is 4.79 Å². The molecule has 1 fully saturated rings. The van der Waals surface area contributed by atoms with Crippen LogP contribution in [0.4, 0.5) is 5.82 Å². The van der Waals surface area contributed by atoms with Crippen LogP contribution in [0.5, 0.6) is 0 Å². The Bertz CT molecular complexity index is 1070. The van der Waals surface area contributed by atoms with Gasteiger partial charge in [0.05, 0.1) is 5.56 Å². The SMILES string of the molecule is N#Cc1cccnc1N1CCC(NCc2cn(CCC(N)=O)c3ccccc23)CC1. The van der Waals surface area contributed by atoms with Gasteiger partial charge in [0, 0.05) is 61.9 Å². The third kappa shape index (κ3) is 4.29. The number of nitrogens with zero attached hydrogens (tertiary/aromatic N) is 4. The lowest BCUT2D eigenvalue weighted by atomic mass is 10.0. The monoisotopic (exact) mass is 402 g/mol. The minimum Gasteiger partial charge on any atom is -0.370 e. The molecule has 1 aliphatic heterocycles. The second-order valence-corrected chi connectivity index (χ2v) is 7.71. The minimum absolute atomic E-state index is 0.285. The van der Waals surface area contributed by atoms with Crippen molar-refractivity contribution in [2.75, 3.05) is 18.0 Å². The number of amides is 1. The normalized spacial score (nSPS) is 14.7. The molecule has 1 saturated heterocycles. The first-order chi connectivity index (χ1) is 14.7. The number of nitriles is 1. The standard InChI is InChI=1S/C23H26N6O/c24-14-17-4-3-10-26-23(17)28-11-7-19(8-12-28)27-15-18-16-29(13-9-22(25)30)21-6-2-1-5-20(18)21/h1-6,10,16,19,27H,7-9,11-13,15H2,(H2,25,30). The van der Waals surface area contributed by atoms with E-state index >= 15 is 0 Å². The number of primary amides is 1. The summed E-state index contributed by atoms with van der Waals surface area (Å²) in [4.78, 5) is 17.8. The Morgan fingerprint density at radius 1 is 1.23 bits per heavy atom. The Labute approximate surface area is 176 Å². The van der Waals surface area contributed by atoms with Crippen LogP contribution in [0.1, 0.15) is 30.4 Å². The first-order valence-corrected chi connectivity index (χ1v) is 10.3. The molecular weight excluding hydrogens is 376 g/mol. The molecule has 1 aromatic carbocycles. The summed E-state index contributed by atoms with van der Waals surface area (Å²) in [6, 6.07) is 14.5. The average Bonchev–Trinajstić information content (AvgIpc) is 3.14. The van der Waals surface area contributed by atoms with Crippen molar-refractivity contribution < 1.29 is 4.79 Å². The number of carbonyl (C=O) groups excluding carboxylic acids is 1. The number of nitrogens with two attached hydrogens (primary N) is 1. The zero-order valence-electron chi connectivity index (χ0n) is 16.9. The molecule has 0 unspecified atom stereocenters. The number of aryl methyl sites for hydroxylation is 1. The molecule has 0 bridgehead atoms. The maximum absolute atomic E-state index is 11.2. The Morgan fingerprint density at radius 3 is 2.80 bits per heavy atom. The molecule has 3 aromatic rings. The van der Waals surface area contributed by atoms with Gasteiger partial charge in [0.25, 0.3) is 0 Å². The van der Waals surface area contributed by atoms with Crippen LogP contribution in [-0.2, 0) is 17.9 Å². The third-order valence-electron chi connectivity index (χ3n) is 5.75. The summed E-state index contributed by atoms with van der Waals surface area (Å²) >= 11 is 0. The van der Waals surface area contributed by atoms with Crippen molar-refractivity contribution >= 4 is 22.6 Å². The topological polar surface area (TPSA) is 100.0 Å². The van der Waals surface area contributed by atoms with Gasteiger partial charge in [-0.1, -0.05) is 18.2 Å². The van der Waals surface area contributed by atoms with Gasteiger partial charge in [-0.25, -0.2) is 4.98 Å². The summed E-state index contributed by atoms with van der Waals surface area (Å²) in [6.45, 7) is 3.13. The molecule has 3 heterocycles. The van der Waals surface area contributed by atoms with Crippen LogP contribution in [0, 0.1) is 11.3 Å². The number of anilines is 1. The fourth-order valence-electron chi connectivity index (χ4n) is 4.17. The number of nitrogens with one attached hydrogen (secondary N) is 1. The maximum atomic E-state index is 11.2. The van der Waals surface area contributed by atoms with E-state index in [9.17, 15) is 10.1 Å². The summed E-state index contributed by atoms with van der Waals surface area (Å²) in [5.41, 5.74) is 8.32. The summed E-state index contributed by atoms with van der Waals surface area (Å²) in [6.07, 6.45) is 6.21. The molecule has 7 nitrogen and oxygen atoms in total. The van der Waals surface area contributed by atoms with Gasteiger partial charge in [0.1, 0.15) is 11.9 Å². The molecule has 0 atom stereocenters. The minimum atomic E-state index is -0.285. The number of hydrogen-bond acceptors (Lipinski definition) is 5. The van der Waals surface area contributed by atoms with E-state index < -0.39 is 0 Å². The zero-order chi connectivity index (χ0) is 20.9. The quantitative estimate of drug-likeness (QED) is 0.633. The molecule has 30 heavy (non-hydrogen) atoms. The highest BCUT2D eigenvalue weighted by molar-refractivity contribution is 5.84. The van der Waals surface area contributed by atoms with Gasteiger partial charge in [-0.15, -0.1) is 0 Å². The predicted molar refractivity (Wildman–Crippen MR) is 117 cm³/mol.